The number of aryl methyl sites for hydroxylation is 1. The van der Waals surface area contributed by atoms with Gasteiger partial charge in [0.2, 0.25) is 11.8 Å². The quantitative estimate of drug-likeness (QED) is 0.324. The first-order valence-corrected chi connectivity index (χ1v) is 14.8. The third-order valence-electron chi connectivity index (χ3n) is 6.72. The van der Waals surface area contributed by atoms with E-state index in [9.17, 15) is 18.0 Å². The maximum absolute atomic E-state index is 13.9. The minimum Gasteiger partial charge on any atom is -0.352 e. The second kappa shape index (κ2) is 13.6. The van der Waals surface area contributed by atoms with Gasteiger partial charge < -0.3 is 10.2 Å². The lowest BCUT2D eigenvalue weighted by atomic mass is 10.1. The Hall–Kier alpha value is -3.36. The molecule has 39 heavy (non-hydrogen) atoms. The molecule has 3 rings (SSSR count). The summed E-state index contributed by atoms with van der Waals surface area (Å²) < 4.78 is 28.8. The Balaban J connectivity index is 1.98. The number of hydrogen-bond acceptors (Lipinski definition) is 4. The molecule has 3 aromatic rings. The predicted octanol–water partition coefficient (Wildman–Crippen LogP) is 5.22. The van der Waals surface area contributed by atoms with Crippen LogP contribution in [0.3, 0.4) is 0 Å². The maximum Gasteiger partial charge on any atom is 0.264 e. The van der Waals surface area contributed by atoms with Gasteiger partial charge in [0, 0.05) is 17.6 Å². The fourth-order valence-electron chi connectivity index (χ4n) is 4.13. The molecule has 2 atom stereocenters. The molecule has 1 N–H and O–H groups in total. The molecule has 0 fully saturated rings. The lowest BCUT2D eigenvalue weighted by molar-refractivity contribution is -0.139. The summed E-state index contributed by atoms with van der Waals surface area (Å²) in [4.78, 5) is 28.5. The summed E-state index contributed by atoms with van der Waals surface area (Å²) in [6.07, 6.45) is 1.26. The molecular weight excluding hydrogens is 534 g/mol. The molecule has 0 heterocycles. The van der Waals surface area contributed by atoms with Crippen LogP contribution in [0.25, 0.3) is 0 Å². The maximum atomic E-state index is 13.9. The lowest BCUT2D eigenvalue weighted by Gasteiger charge is -2.33. The molecule has 0 aliphatic rings. The van der Waals surface area contributed by atoms with E-state index in [0.717, 1.165) is 16.3 Å². The number of anilines is 1. The second-order valence-corrected chi connectivity index (χ2v) is 11.9. The van der Waals surface area contributed by atoms with Crippen molar-refractivity contribution in [3.05, 3.63) is 95.0 Å². The van der Waals surface area contributed by atoms with E-state index < -0.39 is 28.5 Å². The molecule has 0 spiro atoms. The Labute approximate surface area is 236 Å². The molecular formula is C30H36ClN3O4S. The van der Waals surface area contributed by atoms with E-state index in [-0.39, 0.29) is 23.4 Å². The number of amides is 2. The number of carbonyl (C=O) groups excluding carboxylic acids is 2. The molecule has 0 bridgehead atoms. The summed E-state index contributed by atoms with van der Waals surface area (Å²) in [6.45, 7) is 7.12. The van der Waals surface area contributed by atoms with E-state index in [1.165, 1.54) is 29.2 Å². The van der Waals surface area contributed by atoms with Crippen LogP contribution in [-0.4, -0.2) is 50.3 Å². The molecule has 208 valence electrons. The van der Waals surface area contributed by atoms with Crippen LogP contribution in [0.4, 0.5) is 5.69 Å². The lowest BCUT2D eigenvalue weighted by Crippen LogP contribution is -2.53. The largest absolute Gasteiger partial charge is 0.352 e. The van der Waals surface area contributed by atoms with Crippen molar-refractivity contribution in [1.82, 2.24) is 10.2 Å². The molecule has 0 radical (unpaired) electrons. The Morgan fingerprint density at radius 3 is 2.15 bits per heavy atom. The first-order valence-electron chi connectivity index (χ1n) is 13.0. The number of para-hydroxylation sites is 1. The van der Waals surface area contributed by atoms with Crippen LogP contribution < -0.4 is 9.62 Å². The van der Waals surface area contributed by atoms with Gasteiger partial charge in [0.1, 0.15) is 12.6 Å². The summed E-state index contributed by atoms with van der Waals surface area (Å²) in [5.41, 5.74) is 2.09. The molecule has 0 saturated carbocycles. The average molecular weight is 570 g/mol. The number of nitrogens with one attached hydrogen (secondary N) is 1. The van der Waals surface area contributed by atoms with Gasteiger partial charge in [0.05, 0.1) is 10.6 Å². The van der Waals surface area contributed by atoms with Crippen molar-refractivity contribution in [3.63, 3.8) is 0 Å². The van der Waals surface area contributed by atoms with Crippen LogP contribution in [0.5, 0.6) is 0 Å². The van der Waals surface area contributed by atoms with Crippen molar-refractivity contribution < 1.29 is 18.0 Å². The van der Waals surface area contributed by atoms with E-state index in [2.05, 4.69) is 5.32 Å². The van der Waals surface area contributed by atoms with Crippen LogP contribution in [0.15, 0.2) is 83.8 Å². The van der Waals surface area contributed by atoms with Gasteiger partial charge in [-0.15, -0.1) is 0 Å². The van der Waals surface area contributed by atoms with E-state index in [1.807, 2.05) is 44.2 Å². The Morgan fingerprint density at radius 1 is 0.923 bits per heavy atom. The minimum atomic E-state index is -4.13. The summed E-state index contributed by atoms with van der Waals surface area (Å²) in [5, 5.41) is 3.34. The Kier molecular flexibility index (Phi) is 10.5. The van der Waals surface area contributed by atoms with Crippen LogP contribution >= 0.6 is 11.6 Å². The molecule has 7 nitrogen and oxygen atoms in total. The highest BCUT2D eigenvalue weighted by Gasteiger charge is 2.33. The van der Waals surface area contributed by atoms with Gasteiger partial charge in [-0.2, -0.15) is 0 Å². The van der Waals surface area contributed by atoms with Gasteiger partial charge in [-0.3, -0.25) is 13.9 Å². The Bertz CT molecular complexity index is 1360. The number of halogens is 1. The first kappa shape index (κ1) is 30.2. The fourth-order valence-corrected chi connectivity index (χ4v) is 5.73. The molecule has 2 amide bonds. The summed E-state index contributed by atoms with van der Waals surface area (Å²) in [6, 6.07) is 21.6. The van der Waals surface area contributed by atoms with E-state index in [1.54, 1.807) is 38.1 Å². The molecule has 9 heteroatoms. The smallest absolute Gasteiger partial charge is 0.264 e. The normalized spacial score (nSPS) is 12.8. The fraction of sp³-hybridized carbons (Fsp3) is 0.333. The van der Waals surface area contributed by atoms with Crippen molar-refractivity contribution in [2.45, 2.75) is 57.5 Å². The molecule has 0 aliphatic carbocycles. The monoisotopic (exact) mass is 569 g/mol. The van der Waals surface area contributed by atoms with Crippen LogP contribution in [0.2, 0.25) is 5.02 Å². The van der Waals surface area contributed by atoms with Crippen LogP contribution in [0, 0.1) is 6.92 Å². The highest BCUT2D eigenvalue weighted by Crippen LogP contribution is 2.28. The molecule has 3 aromatic carbocycles. The van der Waals surface area contributed by atoms with Crippen molar-refractivity contribution in [3.8, 4) is 0 Å². The number of nitrogens with zero attached hydrogens (tertiary/aromatic N) is 2. The number of rotatable bonds is 12. The summed E-state index contributed by atoms with van der Waals surface area (Å²) >= 11 is 6.00. The highest BCUT2D eigenvalue weighted by molar-refractivity contribution is 7.92. The van der Waals surface area contributed by atoms with E-state index >= 15 is 0 Å². The summed E-state index contributed by atoms with van der Waals surface area (Å²) in [5.74, 6) is -0.757. The van der Waals surface area contributed by atoms with Crippen molar-refractivity contribution in [2.75, 3.05) is 17.4 Å². The third-order valence-corrected chi connectivity index (χ3v) is 8.74. The Morgan fingerprint density at radius 2 is 1.54 bits per heavy atom. The van der Waals surface area contributed by atoms with Gasteiger partial charge in [0.15, 0.2) is 0 Å². The molecule has 0 saturated heterocycles. The number of benzene rings is 3. The first-order chi connectivity index (χ1) is 18.5. The molecule has 0 unspecified atom stereocenters. The molecule has 0 aliphatic heterocycles. The van der Waals surface area contributed by atoms with Crippen molar-refractivity contribution in [1.29, 1.82) is 0 Å². The van der Waals surface area contributed by atoms with E-state index in [4.69, 9.17) is 11.6 Å². The number of hydrogen-bond donors (Lipinski definition) is 1. The van der Waals surface area contributed by atoms with E-state index in [0.29, 0.717) is 22.7 Å². The van der Waals surface area contributed by atoms with Crippen LogP contribution in [-0.2, 0) is 26.0 Å². The zero-order chi connectivity index (χ0) is 28.6. The van der Waals surface area contributed by atoms with Gasteiger partial charge in [-0.1, -0.05) is 67.1 Å². The van der Waals surface area contributed by atoms with Gasteiger partial charge in [-0.25, -0.2) is 8.42 Å². The third kappa shape index (κ3) is 7.83. The van der Waals surface area contributed by atoms with Gasteiger partial charge in [0.25, 0.3) is 10.0 Å². The average Bonchev–Trinajstić information content (AvgIpc) is 2.92. The van der Waals surface area contributed by atoms with Crippen molar-refractivity contribution in [2.24, 2.45) is 0 Å². The minimum absolute atomic E-state index is 0.0151. The van der Waals surface area contributed by atoms with Gasteiger partial charge >= 0.3 is 0 Å². The predicted molar refractivity (Wildman–Crippen MR) is 156 cm³/mol. The second-order valence-electron chi connectivity index (χ2n) is 9.57. The molecule has 0 aromatic heterocycles. The number of carbonyl (C=O) groups is 2. The topological polar surface area (TPSA) is 86.8 Å². The zero-order valence-electron chi connectivity index (χ0n) is 22.8. The SMILES string of the molecule is CC[C@H](C)NC(=O)[C@H](C)N(CCc1ccccc1)C(=O)CN(c1ccccc1C)S(=O)(=O)c1ccc(Cl)cc1. The van der Waals surface area contributed by atoms with Gasteiger partial charge in [-0.05, 0) is 75.1 Å². The standard InChI is InChI=1S/C30H36ClN3O4S/c1-5-23(3)32-30(36)24(4)33(20-19-25-12-7-6-8-13-25)29(35)21-34(28-14-10-9-11-22(28)2)39(37,38)27-17-15-26(31)16-18-27/h6-18,23-24H,5,19-21H2,1-4H3,(H,32,36)/t23-,24-/m0/s1. The van der Waals surface area contributed by atoms with Crippen molar-refractivity contribution >= 4 is 39.1 Å². The van der Waals surface area contributed by atoms with Crippen LogP contribution in [0.1, 0.15) is 38.3 Å². The number of sulfonamides is 1. The highest BCUT2D eigenvalue weighted by atomic mass is 35.5. The zero-order valence-corrected chi connectivity index (χ0v) is 24.4. The summed E-state index contributed by atoms with van der Waals surface area (Å²) in [7, 11) is -4.13.